The van der Waals surface area contributed by atoms with E-state index in [9.17, 15) is 9.90 Å². The number of aliphatic carboxylic acids is 1. The molecule has 0 aromatic heterocycles. The lowest BCUT2D eigenvalue weighted by molar-refractivity contribution is -0.144. The predicted molar refractivity (Wildman–Crippen MR) is 79.6 cm³/mol. The van der Waals surface area contributed by atoms with E-state index < -0.39 is 5.97 Å². The number of carbonyl (C=O) groups is 1. The predicted octanol–water partition coefficient (Wildman–Crippen LogP) is 3.53. The molecule has 1 saturated heterocycles. The lowest BCUT2D eigenvalue weighted by atomic mass is 9.76. The Hall–Kier alpha value is -0.570. The fourth-order valence-corrected chi connectivity index (χ4v) is 5.18. The Bertz CT molecular complexity index is 370. The first-order valence-electron chi connectivity index (χ1n) is 8.60. The van der Waals surface area contributed by atoms with E-state index in [4.69, 9.17) is 0 Å². The highest BCUT2D eigenvalue weighted by atomic mass is 16.4. The Morgan fingerprint density at radius 1 is 1.00 bits per heavy atom. The van der Waals surface area contributed by atoms with Crippen molar-refractivity contribution in [3.8, 4) is 0 Å². The molecule has 3 rings (SSSR count). The van der Waals surface area contributed by atoms with Crippen molar-refractivity contribution in [2.45, 2.75) is 83.3 Å². The average Bonchev–Trinajstić information content (AvgIpc) is 2.81. The second-order valence-electron chi connectivity index (χ2n) is 7.48. The highest BCUT2D eigenvalue weighted by molar-refractivity contribution is 5.74. The number of nitrogens with zero attached hydrogens (tertiary/aromatic N) is 1. The molecule has 2 saturated carbocycles. The number of hydrogen-bond donors (Lipinski definition) is 1. The van der Waals surface area contributed by atoms with Crippen LogP contribution < -0.4 is 0 Å². The Kier molecular flexibility index (Phi) is 4.07. The van der Waals surface area contributed by atoms with Gasteiger partial charge < -0.3 is 5.11 Å². The molecule has 114 valence electrons. The fourth-order valence-electron chi connectivity index (χ4n) is 5.18. The number of rotatable bonds is 2. The van der Waals surface area contributed by atoms with Crippen molar-refractivity contribution in [1.82, 2.24) is 4.90 Å². The second-order valence-corrected chi connectivity index (χ2v) is 7.48. The SMILES string of the molecule is CC1CCCC(N2C(C(=O)O)CC3CCCCC32)C1C. The summed E-state index contributed by atoms with van der Waals surface area (Å²) in [6.45, 7) is 4.70. The molecule has 6 unspecified atom stereocenters. The molecule has 0 radical (unpaired) electrons. The van der Waals surface area contributed by atoms with E-state index in [-0.39, 0.29) is 6.04 Å². The van der Waals surface area contributed by atoms with Gasteiger partial charge in [0.15, 0.2) is 0 Å². The van der Waals surface area contributed by atoms with Crippen molar-refractivity contribution >= 4 is 5.97 Å². The molecule has 1 N–H and O–H groups in total. The van der Waals surface area contributed by atoms with Crippen LogP contribution in [0.5, 0.6) is 0 Å². The Balaban J connectivity index is 1.84. The molecular formula is C17H29NO2. The van der Waals surface area contributed by atoms with Gasteiger partial charge in [0, 0.05) is 12.1 Å². The summed E-state index contributed by atoms with van der Waals surface area (Å²) in [6.07, 6.45) is 9.77. The highest BCUT2D eigenvalue weighted by Crippen LogP contribution is 2.45. The topological polar surface area (TPSA) is 40.5 Å². The summed E-state index contributed by atoms with van der Waals surface area (Å²) in [5, 5.41) is 9.67. The van der Waals surface area contributed by atoms with Crippen LogP contribution in [0.2, 0.25) is 0 Å². The van der Waals surface area contributed by atoms with Gasteiger partial charge in [0.05, 0.1) is 0 Å². The Labute approximate surface area is 122 Å². The van der Waals surface area contributed by atoms with Gasteiger partial charge in [-0.15, -0.1) is 0 Å². The van der Waals surface area contributed by atoms with Gasteiger partial charge in [0.25, 0.3) is 0 Å². The quantitative estimate of drug-likeness (QED) is 0.840. The van der Waals surface area contributed by atoms with Gasteiger partial charge in [-0.1, -0.05) is 39.5 Å². The van der Waals surface area contributed by atoms with Gasteiger partial charge in [0.1, 0.15) is 6.04 Å². The van der Waals surface area contributed by atoms with Gasteiger partial charge >= 0.3 is 5.97 Å². The Morgan fingerprint density at radius 2 is 1.70 bits per heavy atom. The van der Waals surface area contributed by atoms with Gasteiger partial charge in [-0.05, 0) is 43.4 Å². The zero-order chi connectivity index (χ0) is 14.3. The van der Waals surface area contributed by atoms with E-state index in [2.05, 4.69) is 18.7 Å². The summed E-state index contributed by atoms with van der Waals surface area (Å²) in [5.41, 5.74) is 0. The number of carboxylic acids is 1. The monoisotopic (exact) mass is 279 g/mol. The number of carboxylic acid groups (broad SMARTS) is 1. The molecular weight excluding hydrogens is 250 g/mol. The van der Waals surface area contributed by atoms with Crippen molar-refractivity contribution in [3.05, 3.63) is 0 Å². The largest absolute Gasteiger partial charge is 0.480 e. The van der Waals surface area contributed by atoms with E-state index in [1.165, 1.54) is 44.9 Å². The minimum Gasteiger partial charge on any atom is -0.480 e. The molecule has 1 aliphatic heterocycles. The van der Waals surface area contributed by atoms with Crippen LogP contribution in [0.1, 0.15) is 65.2 Å². The number of likely N-dealkylation sites (tertiary alicyclic amines) is 1. The van der Waals surface area contributed by atoms with Crippen molar-refractivity contribution < 1.29 is 9.90 Å². The van der Waals surface area contributed by atoms with E-state index in [0.717, 1.165) is 12.3 Å². The average molecular weight is 279 g/mol. The van der Waals surface area contributed by atoms with Crippen LogP contribution in [0.15, 0.2) is 0 Å². The molecule has 2 aliphatic carbocycles. The molecule has 6 atom stereocenters. The summed E-state index contributed by atoms with van der Waals surface area (Å²) in [6, 6.07) is 0.858. The normalized spacial score (nSPS) is 46.1. The molecule has 20 heavy (non-hydrogen) atoms. The maximum atomic E-state index is 11.7. The van der Waals surface area contributed by atoms with Crippen LogP contribution in [0.4, 0.5) is 0 Å². The third-order valence-electron chi connectivity index (χ3n) is 6.47. The van der Waals surface area contributed by atoms with Crippen LogP contribution in [-0.2, 0) is 4.79 Å². The van der Waals surface area contributed by atoms with E-state index in [1.54, 1.807) is 0 Å². The third-order valence-corrected chi connectivity index (χ3v) is 6.47. The summed E-state index contributed by atoms with van der Waals surface area (Å²) in [4.78, 5) is 14.2. The highest BCUT2D eigenvalue weighted by Gasteiger charge is 2.49. The van der Waals surface area contributed by atoms with Gasteiger partial charge in [-0.3, -0.25) is 9.69 Å². The first kappa shape index (κ1) is 14.4. The fraction of sp³-hybridized carbons (Fsp3) is 0.941. The van der Waals surface area contributed by atoms with E-state index >= 15 is 0 Å². The molecule has 3 heteroatoms. The number of hydrogen-bond acceptors (Lipinski definition) is 2. The lowest BCUT2D eigenvalue weighted by Crippen LogP contribution is -2.53. The van der Waals surface area contributed by atoms with Crippen LogP contribution in [0, 0.1) is 17.8 Å². The third kappa shape index (κ3) is 2.38. The first-order valence-corrected chi connectivity index (χ1v) is 8.60. The summed E-state index contributed by atoms with van der Waals surface area (Å²) in [5.74, 6) is 1.45. The molecule has 0 aromatic rings. The Morgan fingerprint density at radius 3 is 2.45 bits per heavy atom. The molecule has 3 nitrogen and oxygen atoms in total. The summed E-state index contributed by atoms with van der Waals surface area (Å²) < 4.78 is 0. The zero-order valence-electron chi connectivity index (χ0n) is 12.9. The van der Waals surface area contributed by atoms with Crippen molar-refractivity contribution in [2.75, 3.05) is 0 Å². The molecule has 3 fully saturated rings. The maximum absolute atomic E-state index is 11.7. The molecule has 0 aromatic carbocycles. The van der Waals surface area contributed by atoms with E-state index in [1.807, 2.05) is 0 Å². The summed E-state index contributed by atoms with van der Waals surface area (Å²) >= 11 is 0. The van der Waals surface area contributed by atoms with Crippen LogP contribution in [0.25, 0.3) is 0 Å². The zero-order valence-corrected chi connectivity index (χ0v) is 12.9. The van der Waals surface area contributed by atoms with Crippen LogP contribution >= 0.6 is 0 Å². The number of fused-ring (bicyclic) bond motifs is 1. The van der Waals surface area contributed by atoms with Gasteiger partial charge in [0.2, 0.25) is 0 Å². The smallest absolute Gasteiger partial charge is 0.320 e. The lowest BCUT2D eigenvalue weighted by Gasteiger charge is -2.45. The molecule has 3 aliphatic rings. The molecule has 1 heterocycles. The molecule has 0 bridgehead atoms. The second kappa shape index (κ2) is 5.67. The maximum Gasteiger partial charge on any atom is 0.320 e. The standard InChI is InChI=1S/C17H29NO2/c1-11-6-5-9-14(12(11)2)18-15-8-4-3-7-13(15)10-16(18)17(19)20/h11-16H,3-10H2,1-2H3,(H,19,20). The minimum absolute atomic E-state index is 0.208. The van der Waals surface area contributed by atoms with E-state index in [0.29, 0.717) is 23.9 Å². The van der Waals surface area contributed by atoms with Gasteiger partial charge in [-0.2, -0.15) is 0 Å². The summed E-state index contributed by atoms with van der Waals surface area (Å²) in [7, 11) is 0. The van der Waals surface area contributed by atoms with Crippen LogP contribution in [0.3, 0.4) is 0 Å². The van der Waals surface area contributed by atoms with Crippen molar-refractivity contribution in [2.24, 2.45) is 17.8 Å². The molecule has 0 amide bonds. The first-order chi connectivity index (χ1) is 9.59. The van der Waals surface area contributed by atoms with Crippen molar-refractivity contribution in [3.63, 3.8) is 0 Å². The van der Waals surface area contributed by atoms with Gasteiger partial charge in [-0.25, -0.2) is 0 Å². The minimum atomic E-state index is -0.579. The molecule has 0 spiro atoms. The van der Waals surface area contributed by atoms with Crippen molar-refractivity contribution in [1.29, 1.82) is 0 Å². The van der Waals surface area contributed by atoms with Crippen LogP contribution in [-0.4, -0.2) is 34.1 Å².